The summed E-state index contributed by atoms with van der Waals surface area (Å²) in [5.74, 6) is 1.70. The van der Waals surface area contributed by atoms with Crippen LogP contribution < -0.4 is 24.8 Å². The Hall–Kier alpha value is -2.32. The molecule has 1 aromatic carbocycles. The molecule has 0 aromatic heterocycles. The van der Waals surface area contributed by atoms with E-state index in [0.717, 1.165) is 5.56 Å². The highest BCUT2D eigenvalue weighted by Crippen LogP contribution is 2.39. The van der Waals surface area contributed by atoms with E-state index in [1.807, 2.05) is 0 Å². The lowest BCUT2D eigenvalue weighted by Gasteiger charge is -2.17. The Bertz CT molecular complexity index is 563. The van der Waals surface area contributed by atoms with Gasteiger partial charge in [-0.15, -0.1) is 0 Å². The maximum absolute atomic E-state index is 12.2. The minimum absolute atomic E-state index is 0.258. The highest BCUT2D eigenvalue weighted by molar-refractivity contribution is 5.79. The van der Waals surface area contributed by atoms with Crippen LogP contribution in [0.1, 0.15) is 12.0 Å². The Balaban J connectivity index is 2.75. The molecule has 0 spiro atoms. The van der Waals surface area contributed by atoms with Crippen LogP contribution in [0.3, 0.4) is 0 Å². The summed E-state index contributed by atoms with van der Waals surface area (Å²) in [6.07, 6.45) is -5.15. The van der Waals surface area contributed by atoms with Gasteiger partial charge in [0.25, 0.3) is 0 Å². The smallest absolute Gasteiger partial charge is 0.390 e. The number of hydrogen-bond acceptors (Lipinski definition) is 4. The third kappa shape index (κ3) is 5.71. The van der Waals surface area contributed by atoms with Crippen LogP contribution in [-0.4, -0.2) is 47.1 Å². The molecule has 0 atom stereocenters. The first-order chi connectivity index (χ1) is 11.4. The van der Waals surface area contributed by atoms with Crippen LogP contribution in [-0.2, 0) is 6.54 Å². The number of hydrogen-bond donors (Lipinski definition) is 2. The number of guanidine groups is 1. The average molecular weight is 349 g/mol. The van der Waals surface area contributed by atoms with Crippen LogP contribution in [0.4, 0.5) is 13.2 Å². The van der Waals surface area contributed by atoms with Gasteiger partial charge in [-0.3, -0.25) is 4.99 Å². The van der Waals surface area contributed by atoms with E-state index in [4.69, 9.17) is 14.2 Å². The van der Waals surface area contributed by atoms with Crippen molar-refractivity contribution in [3.63, 3.8) is 0 Å². The molecule has 0 radical (unpaired) electrons. The number of nitrogens with one attached hydrogen (secondary N) is 2. The van der Waals surface area contributed by atoms with E-state index in [1.165, 1.54) is 28.4 Å². The van der Waals surface area contributed by atoms with Gasteiger partial charge in [-0.1, -0.05) is 0 Å². The number of alkyl halides is 3. The molecule has 9 heteroatoms. The molecule has 24 heavy (non-hydrogen) atoms. The lowest BCUT2D eigenvalue weighted by atomic mass is 10.1. The van der Waals surface area contributed by atoms with Crippen molar-refractivity contribution in [3.05, 3.63) is 17.7 Å². The van der Waals surface area contributed by atoms with E-state index in [2.05, 4.69) is 15.6 Å². The standard InChI is InChI=1S/C15H22F3N3O3/c1-19-14(20-8-7-15(16,17)18)21-9-10-5-6-11(22-2)13(24-4)12(10)23-3/h5-6H,7-9H2,1-4H3,(H2,19,20,21). The number of methoxy groups -OCH3 is 3. The van der Waals surface area contributed by atoms with E-state index in [-0.39, 0.29) is 19.0 Å². The van der Waals surface area contributed by atoms with E-state index in [9.17, 15) is 13.2 Å². The van der Waals surface area contributed by atoms with Crippen molar-refractivity contribution in [2.75, 3.05) is 34.9 Å². The van der Waals surface area contributed by atoms with Crippen molar-refractivity contribution in [2.24, 2.45) is 4.99 Å². The number of rotatable bonds is 7. The van der Waals surface area contributed by atoms with Crippen molar-refractivity contribution in [1.82, 2.24) is 10.6 Å². The fourth-order valence-electron chi connectivity index (χ4n) is 2.02. The molecule has 0 amide bonds. The summed E-state index contributed by atoms with van der Waals surface area (Å²) in [7, 11) is 5.99. The largest absolute Gasteiger partial charge is 0.493 e. The lowest BCUT2D eigenvalue weighted by molar-refractivity contribution is -0.132. The van der Waals surface area contributed by atoms with E-state index in [0.29, 0.717) is 17.2 Å². The van der Waals surface area contributed by atoms with Crippen molar-refractivity contribution in [1.29, 1.82) is 0 Å². The molecule has 0 unspecified atom stereocenters. The zero-order valence-corrected chi connectivity index (χ0v) is 14.1. The molecule has 0 fully saturated rings. The van der Waals surface area contributed by atoms with Crippen molar-refractivity contribution >= 4 is 5.96 Å². The molecule has 0 aliphatic carbocycles. The lowest BCUT2D eigenvalue weighted by Crippen LogP contribution is -2.38. The molecule has 1 aromatic rings. The van der Waals surface area contributed by atoms with Gasteiger partial charge in [-0.25, -0.2) is 0 Å². The van der Waals surface area contributed by atoms with Gasteiger partial charge in [0, 0.05) is 25.7 Å². The number of aliphatic imine (C=N–C) groups is 1. The second-order valence-corrected chi connectivity index (χ2v) is 4.71. The van der Waals surface area contributed by atoms with Crippen LogP contribution in [0.25, 0.3) is 0 Å². The number of benzene rings is 1. The summed E-state index contributed by atoms with van der Waals surface area (Å²) in [6, 6.07) is 3.49. The minimum atomic E-state index is -4.21. The van der Waals surface area contributed by atoms with Crippen molar-refractivity contribution < 1.29 is 27.4 Å². The topological polar surface area (TPSA) is 64.1 Å². The first-order valence-electron chi connectivity index (χ1n) is 7.15. The third-order valence-corrected chi connectivity index (χ3v) is 3.16. The molecule has 136 valence electrons. The van der Waals surface area contributed by atoms with Gasteiger partial charge in [-0.05, 0) is 12.1 Å². The monoisotopic (exact) mass is 349 g/mol. The third-order valence-electron chi connectivity index (χ3n) is 3.16. The first kappa shape index (κ1) is 19.7. The fourth-order valence-corrected chi connectivity index (χ4v) is 2.02. The summed E-state index contributed by atoms with van der Waals surface area (Å²) in [4.78, 5) is 3.88. The Morgan fingerprint density at radius 3 is 2.21 bits per heavy atom. The van der Waals surface area contributed by atoms with Crippen LogP contribution in [0.5, 0.6) is 17.2 Å². The molecule has 1 rings (SSSR count). The van der Waals surface area contributed by atoms with Gasteiger partial charge in [0.05, 0.1) is 27.8 Å². The highest BCUT2D eigenvalue weighted by Gasteiger charge is 2.26. The molecule has 0 aliphatic rings. The summed E-state index contributed by atoms with van der Waals surface area (Å²) in [6.45, 7) is 0.0292. The molecule has 0 aliphatic heterocycles. The van der Waals surface area contributed by atoms with Crippen molar-refractivity contribution in [3.8, 4) is 17.2 Å². The predicted molar refractivity (Wildman–Crippen MR) is 85.0 cm³/mol. The van der Waals surface area contributed by atoms with Crippen LogP contribution in [0.2, 0.25) is 0 Å². The Morgan fingerprint density at radius 1 is 1.04 bits per heavy atom. The Kier molecular flexibility index (Phi) is 7.47. The summed E-state index contributed by atoms with van der Waals surface area (Å²) in [5.41, 5.74) is 0.744. The SMILES string of the molecule is CN=C(NCCC(F)(F)F)NCc1ccc(OC)c(OC)c1OC. The van der Waals surface area contributed by atoms with E-state index in [1.54, 1.807) is 12.1 Å². The minimum Gasteiger partial charge on any atom is -0.493 e. The predicted octanol–water partition coefficient (Wildman–Crippen LogP) is 2.33. The first-order valence-corrected chi connectivity index (χ1v) is 7.15. The second-order valence-electron chi connectivity index (χ2n) is 4.71. The molecule has 0 heterocycles. The maximum Gasteiger partial charge on any atom is 0.390 e. The van der Waals surface area contributed by atoms with Crippen LogP contribution in [0, 0.1) is 0 Å². The molecule has 0 saturated heterocycles. The Morgan fingerprint density at radius 2 is 1.71 bits per heavy atom. The fraction of sp³-hybridized carbons (Fsp3) is 0.533. The second kappa shape index (κ2) is 9.09. The average Bonchev–Trinajstić information content (AvgIpc) is 2.55. The zero-order valence-electron chi connectivity index (χ0n) is 14.1. The highest BCUT2D eigenvalue weighted by atomic mass is 19.4. The summed E-state index contributed by atoms with van der Waals surface area (Å²) in [5, 5.41) is 5.54. The maximum atomic E-state index is 12.2. The van der Waals surface area contributed by atoms with Gasteiger partial charge in [-0.2, -0.15) is 13.2 Å². The number of nitrogens with zero attached hydrogens (tertiary/aromatic N) is 1. The molecular weight excluding hydrogens is 327 g/mol. The van der Waals surface area contributed by atoms with E-state index >= 15 is 0 Å². The quantitative estimate of drug-likeness (QED) is 0.584. The molecule has 0 saturated carbocycles. The van der Waals surface area contributed by atoms with Crippen molar-refractivity contribution in [2.45, 2.75) is 19.1 Å². The molecule has 0 bridgehead atoms. The Labute approximate surface area is 139 Å². The van der Waals surface area contributed by atoms with E-state index < -0.39 is 12.6 Å². The van der Waals surface area contributed by atoms with Gasteiger partial charge in [0.15, 0.2) is 17.5 Å². The summed E-state index contributed by atoms with van der Waals surface area (Å²) >= 11 is 0. The number of halogens is 3. The van der Waals surface area contributed by atoms with Gasteiger partial charge in [0.2, 0.25) is 5.75 Å². The molecule has 6 nitrogen and oxygen atoms in total. The van der Waals surface area contributed by atoms with Crippen LogP contribution >= 0.6 is 0 Å². The normalized spacial score (nSPS) is 11.9. The molecular formula is C15H22F3N3O3. The van der Waals surface area contributed by atoms with Gasteiger partial charge >= 0.3 is 6.18 Å². The van der Waals surface area contributed by atoms with Gasteiger partial charge < -0.3 is 24.8 Å². The van der Waals surface area contributed by atoms with Crippen LogP contribution in [0.15, 0.2) is 17.1 Å². The molecule has 2 N–H and O–H groups in total. The summed E-state index contributed by atoms with van der Waals surface area (Å²) < 4.78 is 52.3. The van der Waals surface area contributed by atoms with Gasteiger partial charge in [0.1, 0.15) is 0 Å². The zero-order chi connectivity index (χ0) is 18.2. The number of ether oxygens (including phenoxy) is 3.